The van der Waals surface area contributed by atoms with Crippen molar-refractivity contribution >= 4 is 28.5 Å². The van der Waals surface area contributed by atoms with Gasteiger partial charge in [0.1, 0.15) is 5.75 Å². The van der Waals surface area contributed by atoms with Crippen molar-refractivity contribution in [2.75, 3.05) is 13.2 Å². The number of amides is 1. The van der Waals surface area contributed by atoms with E-state index in [4.69, 9.17) is 5.11 Å². The Morgan fingerprint density at radius 3 is 2.47 bits per heavy atom. The minimum absolute atomic E-state index is 0.0570. The topological polar surface area (TPSA) is 60.8 Å². The van der Waals surface area contributed by atoms with Crippen LogP contribution in [-0.2, 0) is 0 Å². The molecule has 0 bridgehead atoms. The molecule has 0 saturated carbocycles. The number of aromatic hydroxyl groups is 1. The Bertz CT molecular complexity index is 433. The van der Waals surface area contributed by atoms with Crippen LogP contribution in [0.15, 0.2) is 18.2 Å². The van der Waals surface area contributed by atoms with Gasteiger partial charge in [-0.3, -0.25) is 4.79 Å². The molecule has 19 heavy (non-hydrogen) atoms. The van der Waals surface area contributed by atoms with Gasteiger partial charge in [-0.2, -0.15) is 0 Å². The molecule has 0 heterocycles. The van der Waals surface area contributed by atoms with Crippen LogP contribution in [0.4, 0.5) is 0 Å². The van der Waals surface area contributed by atoms with Crippen LogP contribution in [0.2, 0.25) is 0 Å². The summed E-state index contributed by atoms with van der Waals surface area (Å²) >= 11 is 2.01. The molecule has 0 spiro atoms. The molecule has 0 radical (unpaired) electrons. The summed E-state index contributed by atoms with van der Waals surface area (Å²) in [6.45, 7) is 4.31. The molecule has 0 aliphatic heterocycles. The van der Waals surface area contributed by atoms with Gasteiger partial charge < -0.3 is 15.1 Å². The second-order valence-electron chi connectivity index (χ2n) is 4.36. The lowest BCUT2D eigenvalue weighted by molar-refractivity contribution is 0.0622. The predicted octanol–water partition coefficient (Wildman–Crippen LogP) is 2.62. The Balaban J connectivity index is 3.01. The van der Waals surface area contributed by atoms with Crippen molar-refractivity contribution in [2.24, 2.45) is 0 Å². The first kappa shape index (κ1) is 16.2. The molecule has 1 rings (SSSR count). The van der Waals surface area contributed by atoms with Gasteiger partial charge in [0, 0.05) is 18.2 Å². The number of phenolic OH excluding ortho intramolecular Hbond substituents is 1. The number of rotatable bonds is 6. The fraction of sp³-hybridized carbons (Fsp3) is 0.500. The van der Waals surface area contributed by atoms with E-state index in [2.05, 4.69) is 0 Å². The molecule has 2 N–H and O–H groups in total. The predicted molar refractivity (Wildman–Crippen MR) is 83.3 cm³/mol. The van der Waals surface area contributed by atoms with Gasteiger partial charge in [-0.1, -0.05) is 13.8 Å². The number of carbonyl (C=O) groups excluding carboxylic acids is 1. The average Bonchev–Trinajstić information content (AvgIpc) is 2.41. The number of benzene rings is 1. The lowest BCUT2D eigenvalue weighted by atomic mass is 10.1. The van der Waals surface area contributed by atoms with Crippen molar-refractivity contribution in [3.63, 3.8) is 0 Å². The minimum Gasteiger partial charge on any atom is -0.507 e. The summed E-state index contributed by atoms with van der Waals surface area (Å²) < 4.78 is 0.713. The first-order valence-electron chi connectivity index (χ1n) is 6.45. The highest BCUT2D eigenvalue weighted by Crippen LogP contribution is 2.22. The Labute approximate surface area is 127 Å². The molecule has 1 aromatic carbocycles. The maximum atomic E-state index is 12.5. The number of hydrogen-bond acceptors (Lipinski definition) is 3. The van der Waals surface area contributed by atoms with E-state index in [0.717, 1.165) is 12.8 Å². The van der Waals surface area contributed by atoms with E-state index in [1.807, 2.05) is 36.4 Å². The Morgan fingerprint density at radius 2 is 2.00 bits per heavy atom. The van der Waals surface area contributed by atoms with Crippen molar-refractivity contribution in [1.82, 2.24) is 4.90 Å². The van der Waals surface area contributed by atoms with E-state index in [-0.39, 0.29) is 24.3 Å². The molecule has 1 amide bonds. The quantitative estimate of drug-likeness (QED) is 0.750. The monoisotopic (exact) mass is 377 g/mol. The van der Waals surface area contributed by atoms with Crippen molar-refractivity contribution in [2.45, 2.75) is 32.7 Å². The van der Waals surface area contributed by atoms with Crippen LogP contribution in [0.3, 0.4) is 0 Å². The summed E-state index contributed by atoms with van der Waals surface area (Å²) in [4.78, 5) is 14.1. The summed E-state index contributed by atoms with van der Waals surface area (Å²) in [5, 5.41) is 18.8. The van der Waals surface area contributed by atoms with E-state index < -0.39 is 0 Å². The maximum Gasteiger partial charge on any atom is 0.254 e. The Hall–Kier alpha value is -0.820. The number of carbonyl (C=O) groups is 1. The number of aliphatic hydroxyl groups excluding tert-OH is 1. The fourth-order valence-corrected chi connectivity index (χ4v) is 2.43. The summed E-state index contributed by atoms with van der Waals surface area (Å²) in [5.41, 5.74) is 0.457. The van der Waals surface area contributed by atoms with E-state index in [1.54, 1.807) is 17.0 Å². The standard InChI is InChI=1S/C14H20INO3/c1-3-11(4-2)16(7-8-17)14(19)10-5-6-12(15)13(18)9-10/h5-6,9,11,17-18H,3-4,7-8H2,1-2H3. The highest BCUT2D eigenvalue weighted by atomic mass is 127. The van der Waals surface area contributed by atoms with Crippen LogP contribution in [0.5, 0.6) is 5.75 Å². The van der Waals surface area contributed by atoms with Crippen LogP contribution in [-0.4, -0.2) is 40.2 Å². The maximum absolute atomic E-state index is 12.5. The van der Waals surface area contributed by atoms with Gasteiger partial charge in [0.2, 0.25) is 0 Å². The lowest BCUT2D eigenvalue weighted by Crippen LogP contribution is -2.41. The van der Waals surface area contributed by atoms with E-state index in [0.29, 0.717) is 15.7 Å². The van der Waals surface area contributed by atoms with Crippen molar-refractivity contribution in [3.8, 4) is 5.75 Å². The Kier molecular flexibility index (Phi) is 6.57. The normalized spacial score (nSPS) is 10.8. The van der Waals surface area contributed by atoms with E-state index >= 15 is 0 Å². The molecule has 0 unspecified atom stereocenters. The van der Waals surface area contributed by atoms with Gasteiger partial charge >= 0.3 is 0 Å². The first-order chi connectivity index (χ1) is 9.04. The molecule has 106 valence electrons. The smallest absolute Gasteiger partial charge is 0.254 e. The molecule has 5 heteroatoms. The van der Waals surface area contributed by atoms with Gasteiger partial charge in [0.05, 0.1) is 10.2 Å². The number of halogens is 1. The third-order valence-corrected chi connectivity index (χ3v) is 4.09. The largest absolute Gasteiger partial charge is 0.507 e. The van der Waals surface area contributed by atoms with Crippen LogP contribution in [0.25, 0.3) is 0 Å². The molecular formula is C14H20INO3. The zero-order chi connectivity index (χ0) is 14.4. The second-order valence-corrected chi connectivity index (χ2v) is 5.52. The number of nitrogens with zero attached hydrogens (tertiary/aromatic N) is 1. The Morgan fingerprint density at radius 1 is 1.37 bits per heavy atom. The van der Waals surface area contributed by atoms with Gasteiger partial charge in [-0.15, -0.1) is 0 Å². The summed E-state index contributed by atoms with van der Waals surface area (Å²) in [5.74, 6) is -0.0330. The third-order valence-electron chi connectivity index (χ3n) is 3.18. The molecular weight excluding hydrogens is 357 g/mol. The molecule has 0 aromatic heterocycles. The number of hydrogen-bond donors (Lipinski definition) is 2. The van der Waals surface area contributed by atoms with Crippen LogP contribution in [0, 0.1) is 3.57 Å². The van der Waals surface area contributed by atoms with Gasteiger partial charge in [-0.25, -0.2) is 0 Å². The number of aliphatic hydroxyl groups is 1. The first-order valence-corrected chi connectivity index (χ1v) is 7.53. The third kappa shape index (κ3) is 4.07. The summed E-state index contributed by atoms with van der Waals surface area (Å²) in [6.07, 6.45) is 1.69. The molecule has 0 atom stereocenters. The van der Waals surface area contributed by atoms with Crippen molar-refractivity contribution < 1.29 is 15.0 Å². The molecule has 1 aromatic rings. The molecule has 0 aliphatic carbocycles. The average molecular weight is 377 g/mol. The summed E-state index contributed by atoms with van der Waals surface area (Å²) in [7, 11) is 0. The SMILES string of the molecule is CCC(CC)N(CCO)C(=O)c1ccc(I)c(O)c1. The highest BCUT2D eigenvalue weighted by Gasteiger charge is 2.22. The van der Waals surface area contributed by atoms with Gasteiger partial charge in [0.25, 0.3) is 5.91 Å². The van der Waals surface area contributed by atoms with Crippen LogP contribution >= 0.6 is 22.6 Å². The minimum atomic E-state index is -0.144. The fourth-order valence-electron chi connectivity index (χ4n) is 2.10. The zero-order valence-electron chi connectivity index (χ0n) is 11.3. The highest BCUT2D eigenvalue weighted by molar-refractivity contribution is 14.1. The van der Waals surface area contributed by atoms with Gasteiger partial charge in [-0.05, 0) is 53.6 Å². The van der Waals surface area contributed by atoms with E-state index in [9.17, 15) is 9.90 Å². The number of phenols is 1. The summed E-state index contributed by atoms with van der Waals surface area (Å²) in [6, 6.07) is 5.02. The zero-order valence-corrected chi connectivity index (χ0v) is 13.4. The lowest BCUT2D eigenvalue weighted by Gasteiger charge is -2.30. The van der Waals surface area contributed by atoms with Crippen LogP contribution < -0.4 is 0 Å². The molecule has 0 fully saturated rings. The van der Waals surface area contributed by atoms with Crippen molar-refractivity contribution in [1.29, 1.82) is 0 Å². The van der Waals surface area contributed by atoms with Crippen LogP contribution in [0.1, 0.15) is 37.0 Å². The van der Waals surface area contributed by atoms with Gasteiger partial charge in [0.15, 0.2) is 0 Å². The van der Waals surface area contributed by atoms with Crippen molar-refractivity contribution in [3.05, 3.63) is 27.3 Å². The molecule has 4 nitrogen and oxygen atoms in total. The molecule has 0 aliphatic rings. The molecule has 0 saturated heterocycles. The second kappa shape index (κ2) is 7.69. The van der Waals surface area contributed by atoms with E-state index in [1.165, 1.54) is 6.07 Å².